The van der Waals surface area contributed by atoms with Gasteiger partial charge in [-0.2, -0.15) is 0 Å². The zero-order chi connectivity index (χ0) is 14.5. The van der Waals surface area contributed by atoms with Crippen molar-refractivity contribution in [2.75, 3.05) is 6.54 Å². The standard InChI is InChI=1S/C16H22N4O/c21-16-14-9-4-5-10-15(14)18-19-20(16)12-6-11-17-13-7-2-1-3-8-13/h4-5,9-10,13,17H,1-3,6-8,11-12H2. The first-order valence-electron chi connectivity index (χ1n) is 7.90. The first kappa shape index (κ1) is 14.2. The topological polar surface area (TPSA) is 59.8 Å². The Morgan fingerprint density at radius 3 is 2.86 bits per heavy atom. The Balaban J connectivity index is 1.55. The van der Waals surface area contributed by atoms with Crippen LogP contribution < -0.4 is 10.9 Å². The van der Waals surface area contributed by atoms with Gasteiger partial charge in [0.25, 0.3) is 5.56 Å². The third-order valence-electron chi connectivity index (χ3n) is 4.21. The lowest BCUT2D eigenvalue weighted by Crippen LogP contribution is -2.33. The van der Waals surface area contributed by atoms with Gasteiger partial charge in [-0.05, 0) is 37.9 Å². The number of benzene rings is 1. The highest BCUT2D eigenvalue weighted by molar-refractivity contribution is 5.76. The predicted octanol–water partition coefficient (Wildman–Crippen LogP) is 2.10. The molecule has 1 saturated carbocycles. The Bertz CT molecular complexity index is 646. The van der Waals surface area contributed by atoms with E-state index in [4.69, 9.17) is 0 Å². The first-order valence-corrected chi connectivity index (χ1v) is 7.90. The van der Waals surface area contributed by atoms with Crippen molar-refractivity contribution in [1.29, 1.82) is 0 Å². The summed E-state index contributed by atoms with van der Waals surface area (Å²) in [5.41, 5.74) is 0.623. The average Bonchev–Trinajstić information content (AvgIpc) is 2.55. The van der Waals surface area contributed by atoms with Gasteiger partial charge in [0.1, 0.15) is 5.52 Å². The number of hydrogen-bond donors (Lipinski definition) is 1. The first-order chi connectivity index (χ1) is 10.3. The number of aromatic nitrogens is 3. The molecule has 1 N–H and O–H groups in total. The van der Waals surface area contributed by atoms with E-state index in [1.54, 1.807) is 0 Å². The molecule has 5 nitrogen and oxygen atoms in total. The zero-order valence-corrected chi connectivity index (χ0v) is 12.3. The molecule has 1 aromatic carbocycles. The Labute approximate surface area is 124 Å². The van der Waals surface area contributed by atoms with Crippen LogP contribution in [0.2, 0.25) is 0 Å². The van der Waals surface area contributed by atoms with Crippen LogP contribution in [0.3, 0.4) is 0 Å². The lowest BCUT2D eigenvalue weighted by atomic mass is 9.95. The second-order valence-electron chi connectivity index (χ2n) is 5.78. The Morgan fingerprint density at radius 1 is 1.19 bits per heavy atom. The van der Waals surface area contributed by atoms with E-state index in [1.807, 2.05) is 24.3 Å². The summed E-state index contributed by atoms with van der Waals surface area (Å²) in [5.74, 6) is 0. The second kappa shape index (κ2) is 6.80. The molecule has 0 atom stereocenters. The van der Waals surface area contributed by atoms with E-state index in [0.717, 1.165) is 13.0 Å². The molecule has 5 heteroatoms. The molecule has 2 aromatic rings. The molecule has 1 aromatic heterocycles. The minimum absolute atomic E-state index is 0.0433. The third-order valence-corrected chi connectivity index (χ3v) is 4.21. The van der Waals surface area contributed by atoms with E-state index >= 15 is 0 Å². The van der Waals surface area contributed by atoms with E-state index < -0.39 is 0 Å². The molecule has 1 aliphatic rings. The lowest BCUT2D eigenvalue weighted by molar-refractivity contribution is 0.365. The third kappa shape index (κ3) is 3.47. The summed E-state index contributed by atoms with van der Waals surface area (Å²) in [4.78, 5) is 12.3. The highest BCUT2D eigenvalue weighted by Crippen LogP contribution is 2.17. The Morgan fingerprint density at radius 2 is 2.00 bits per heavy atom. The van der Waals surface area contributed by atoms with Crippen molar-refractivity contribution in [1.82, 2.24) is 20.3 Å². The summed E-state index contributed by atoms with van der Waals surface area (Å²) in [6.07, 6.45) is 7.54. The molecule has 1 aliphatic carbocycles. The Kier molecular flexibility index (Phi) is 4.60. The van der Waals surface area contributed by atoms with Crippen LogP contribution in [0.4, 0.5) is 0 Å². The van der Waals surface area contributed by atoms with Crippen LogP contribution in [0.5, 0.6) is 0 Å². The van der Waals surface area contributed by atoms with Crippen LogP contribution >= 0.6 is 0 Å². The second-order valence-corrected chi connectivity index (χ2v) is 5.78. The fourth-order valence-electron chi connectivity index (χ4n) is 3.01. The summed E-state index contributed by atoms with van der Waals surface area (Å²) in [7, 11) is 0. The van der Waals surface area contributed by atoms with Crippen LogP contribution in [-0.2, 0) is 6.54 Å². The van der Waals surface area contributed by atoms with E-state index in [1.165, 1.54) is 36.8 Å². The maximum atomic E-state index is 12.3. The quantitative estimate of drug-likeness (QED) is 0.855. The largest absolute Gasteiger partial charge is 0.314 e. The van der Waals surface area contributed by atoms with E-state index in [9.17, 15) is 4.79 Å². The summed E-state index contributed by atoms with van der Waals surface area (Å²) >= 11 is 0. The Hall–Kier alpha value is -1.75. The molecule has 21 heavy (non-hydrogen) atoms. The van der Waals surface area contributed by atoms with Gasteiger partial charge in [0.15, 0.2) is 0 Å². The molecule has 0 radical (unpaired) electrons. The van der Waals surface area contributed by atoms with Crippen LogP contribution in [0.1, 0.15) is 38.5 Å². The molecule has 1 heterocycles. The van der Waals surface area contributed by atoms with Gasteiger partial charge in [-0.1, -0.05) is 36.6 Å². The number of nitrogens with one attached hydrogen (secondary N) is 1. The maximum absolute atomic E-state index is 12.3. The molecule has 0 aliphatic heterocycles. The number of fused-ring (bicyclic) bond motifs is 1. The molecule has 0 saturated heterocycles. The van der Waals surface area contributed by atoms with Crippen molar-refractivity contribution >= 4 is 10.9 Å². The molecule has 3 rings (SSSR count). The number of hydrogen-bond acceptors (Lipinski definition) is 4. The van der Waals surface area contributed by atoms with Crippen molar-refractivity contribution in [3.63, 3.8) is 0 Å². The van der Waals surface area contributed by atoms with Gasteiger partial charge in [-0.25, -0.2) is 4.68 Å². The van der Waals surface area contributed by atoms with Crippen molar-refractivity contribution < 1.29 is 0 Å². The summed E-state index contributed by atoms with van der Waals surface area (Å²) in [6, 6.07) is 8.02. The molecule has 1 fully saturated rings. The zero-order valence-electron chi connectivity index (χ0n) is 12.3. The van der Waals surface area contributed by atoms with E-state index in [0.29, 0.717) is 23.5 Å². The SMILES string of the molecule is O=c1c2ccccc2nnn1CCCNC1CCCCC1. The van der Waals surface area contributed by atoms with Gasteiger partial charge in [-0.15, -0.1) is 5.10 Å². The van der Waals surface area contributed by atoms with Crippen molar-refractivity contribution in [3.05, 3.63) is 34.6 Å². The minimum Gasteiger partial charge on any atom is -0.314 e. The fourth-order valence-corrected chi connectivity index (χ4v) is 3.01. The van der Waals surface area contributed by atoms with Gasteiger partial charge in [0.2, 0.25) is 0 Å². The van der Waals surface area contributed by atoms with Crippen LogP contribution in [0, 0.1) is 0 Å². The number of rotatable bonds is 5. The molecule has 0 unspecified atom stereocenters. The normalized spacial score (nSPS) is 16.4. The van der Waals surface area contributed by atoms with E-state index in [2.05, 4.69) is 15.6 Å². The minimum atomic E-state index is -0.0433. The predicted molar refractivity (Wildman–Crippen MR) is 83.3 cm³/mol. The monoisotopic (exact) mass is 286 g/mol. The van der Waals surface area contributed by atoms with Gasteiger partial charge < -0.3 is 5.32 Å². The van der Waals surface area contributed by atoms with Crippen molar-refractivity contribution in [2.24, 2.45) is 0 Å². The van der Waals surface area contributed by atoms with Gasteiger partial charge in [0.05, 0.1) is 5.39 Å². The molecular formula is C16H22N4O. The van der Waals surface area contributed by atoms with Gasteiger partial charge in [-0.3, -0.25) is 4.79 Å². The average molecular weight is 286 g/mol. The highest BCUT2D eigenvalue weighted by Gasteiger charge is 2.12. The van der Waals surface area contributed by atoms with Crippen LogP contribution in [0.25, 0.3) is 10.9 Å². The molecule has 0 amide bonds. The fraction of sp³-hybridized carbons (Fsp3) is 0.562. The summed E-state index contributed by atoms with van der Waals surface area (Å²) in [6.45, 7) is 1.56. The summed E-state index contributed by atoms with van der Waals surface area (Å²) in [5, 5.41) is 12.4. The van der Waals surface area contributed by atoms with Gasteiger partial charge >= 0.3 is 0 Å². The lowest BCUT2D eigenvalue weighted by Gasteiger charge is -2.22. The van der Waals surface area contributed by atoms with E-state index in [-0.39, 0.29) is 5.56 Å². The smallest absolute Gasteiger partial charge is 0.277 e. The van der Waals surface area contributed by atoms with Crippen molar-refractivity contribution in [2.45, 2.75) is 51.1 Å². The van der Waals surface area contributed by atoms with Crippen LogP contribution in [-0.4, -0.2) is 27.6 Å². The number of nitrogens with zero attached hydrogens (tertiary/aromatic N) is 3. The highest BCUT2D eigenvalue weighted by atomic mass is 16.1. The molecule has 0 spiro atoms. The van der Waals surface area contributed by atoms with Gasteiger partial charge in [0, 0.05) is 12.6 Å². The van der Waals surface area contributed by atoms with Crippen molar-refractivity contribution in [3.8, 4) is 0 Å². The molecular weight excluding hydrogens is 264 g/mol. The van der Waals surface area contributed by atoms with Crippen LogP contribution in [0.15, 0.2) is 29.1 Å². The molecule has 0 bridgehead atoms. The maximum Gasteiger partial charge on any atom is 0.277 e. The number of aryl methyl sites for hydroxylation is 1. The summed E-state index contributed by atoms with van der Waals surface area (Å²) < 4.78 is 1.48. The molecule has 112 valence electrons.